The highest BCUT2D eigenvalue weighted by molar-refractivity contribution is 9.10. The number of nitrogens with zero attached hydrogens (tertiary/aromatic N) is 4. The summed E-state index contributed by atoms with van der Waals surface area (Å²) in [5.74, 6) is 6.55. The van der Waals surface area contributed by atoms with Gasteiger partial charge in [0.1, 0.15) is 11.1 Å². The summed E-state index contributed by atoms with van der Waals surface area (Å²) in [7, 11) is 0. The Hall–Kier alpha value is -2.35. The van der Waals surface area contributed by atoms with Gasteiger partial charge in [0.05, 0.1) is 11.3 Å². The molecular weight excluding hydrogens is 460 g/mol. The van der Waals surface area contributed by atoms with Crippen LogP contribution < -0.4 is 11.2 Å². The zero-order valence-electron chi connectivity index (χ0n) is 14.6. The number of anilines is 1. The van der Waals surface area contributed by atoms with E-state index in [1.54, 1.807) is 0 Å². The van der Waals surface area contributed by atoms with Crippen LogP contribution in [0.2, 0.25) is 0 Å². The number of nitrogens with one attached hydrogen (secondary N) is 1. The molecule has 7 nitrogen and oxygen atoms in total. The van der Waals surface area contributed by atoms with Crippen molar-refractivity contribution >= 4 is 49.9 Å². The molecule has 0 aliphatic heterocycles. The van der Waals surface area contributed by atoms with Crippen LogP contribution in [0.25, 0.3) is 11.4 Å². The molecule has 142 valence electrons. The number of hydrogen-bond donors (Lipinski definition) is 2. The zero-order chi connectivity index (χ0) is 19.7. The number of nitrogens with two attached hydrogens (primary N) is 1. The normalized spacial score (nSPS) is 12.6. The third kappa shape index (κ3) is 3.65. The van der Waals surface area contributed by atoms with E-state index in [4.69, 9.17) is 5.84 Å². The van der Waals surface area contributed by atoms with Crippen LogP contribution >= 0.6 is 39.0 Å². The van der Waals surface area contributed by atoms with Gasteiger partial charge in [-0.25, -0.2) is 4.68 Å². The van der Waals surface area contributed by atoms with Gasteiger partial charge in [-0.3, -0.25) is 4.79 Å². The number of carbonyl (C=O) groups is 1. The van der Waals surface area contributed by atoms with E-state index in [-0.39, 0.29) is 11.7 Å². The lowest BCUT2D eigenvalue weighted by Gasteiger charge is -2.05. The Kier molecular flexibility index (Phi) is 5.39. The number of benzene rings is 1. The van der Waals surface area contributed by atoms with E-state index in [1.165, 1.54) is 32.7 Å². The molecule has 0 saturated heterocycles. The Morgan fingerprint density at radius 2 is 2.29 bits per heavy atom. The van der Waals surface area contributed by atoms with Crippen molar-refractivity contribution < 1.29 is 4.79 Å². The third-order valence-corrected chi connectivity index (χ3v) is 7.01. The van der Waals surface area contributed by atoms with Crippen LogP contribution in [0, 0.1) is 11.3 Å². The van der Waals surface area contributed by atoms with Crippen molar-refractivity contribution in [2.45, 2.75) is 24.4 Å². The average Bonchev–Trinajstić information content (AvgIpc) is 3.34. The predicted octanol–water partition coefficient (Wildman–Crippen LogP) is 3.57. The quantitative estimate of drug-likeness (QED) is 0.431. The molecule has 1 amide bonds. The number of halogens is 1. The van der Waals surface area contributed by atoms with Crippen molar-refractivity contribution in [3.05, 3.63) is 44.7 Å². The number of rotatable bonds is 5. The molecule has 1 aliphatic rings. The number of hydrogen-bond acceptors (Lipinski definition) is 7. The minimum atomic E-state index is -0.201. The third-order valence-electron chi connectivity index (χ3n) is 4.37. The molecule has 0 atom stereocenters. The summed E-state index contributed by atoms with van der Waals surface area (Å²) in [5, 5.41) is 21.6. The van der Waals surface area contributed by atoms with Gasteiger partial charge in [-0.2, -0.15) is 5.26 Å². The Morgan fingerprint density at radius 1 is 1.43 bits per heavy atom. The Bertz CT molecular complexity index is 1100. The highest BCUT2D eigenvalue weighted by Gasteiger charge is 2.23. The highest BCUT2D eigenvalue weighted by atomic mass is 79.9. The molecule has 3 N–H and O–H groups in total. The largest absolute Gasteiger partial charge is 0.335 e. The van der Waals surface area contributed by atoms with Gasteiger partial charge in [0.15, 0.2) is 5.82 Å². The van der Waals surface area contributed by atoms with Gasteiger partial charge in [0.2, 0.25) is 11.1 Å². The molecule has 10 heteroatoms. The molecule has 2 aromatic heterocycles. The predicted molar refractivity (Wildman–Crippen MR) is 114 cm³/mol. The fourth-order valence-corrected chi connectivity index (χ4v) is 5.41. The maximum Gasteiger partial charge on any atom is 0.235 e. The van der Waals surface area contributed by atoms with Crippen molar-refractivity contribution in [3.8, 4) is 17.5 Å². The summed E-state index contributed by atoms with van der Waals surface area (Å²) in [4.78, 5) is 13.6. The summed E-state index contributed by atoms with van der Waals surface area (Å²) < 4.78 is 2.29. The van der Waals surface area contributed by atoms with E-state index in [2.05, 4.69) is 37.5 Å². The topological polar surface area (TPSA) is 110 Å². The molecule has 0 radical (unpaired) electrons. The molecule has 0 spiro atoms. The van der Waals surface area contributed by atoms with Gasteiger partial charge < -0.3 is 11.2 Å². The lowest BCUT2D eigenvalue weighted by atomic mass is 10.1. The lowest BCUT2D eigenvalue weighted by Crippen LogP contribution is -2.16. The van der Waals surface area contributed by atoms with Crippen LogP contribution in [0.5, 0.6) is 0 Å². The minimum Gasteiger partial charge on any atom is -0.335 e. The maximum absolute atomic E-state index is 12.4. The molecule has 4 rings (SSSR count). The van der Waals surface area contributed by atoms with Gasteiger partial charge >= 0.3 is 0 Å². The first-order valence-electron chi connectivity index (χ1n) is 8.50. The first-order valence-corrected chi connectivity index (χ1v) is 11.1. The molecular formula is C18H15BrN6OS2. The number of carbonyl (C=O) groups excluding carboxylic acids is 1. The second kappa shape index (κ2) is 7.95. The Labute approximate surface area is 178 Å². The van der Waals surface area contributed by atoms with Gasteiger partial charge in [-0.05, 0) is 37.0 Å². The van der Waals surface area contributed by atoms with Gasteiger partial charge in [-0.15, -0.1) is 21.5 Å². The van der Waals surface area contributed by atoms with Gasteiger partial charge in [0, 0.05) is 14.9 Å². The van der Waals surface area contributed by atoms with E-state index in [0.717, 1.165) is 34.9 Å². The first-order chi connectivity index (χ1) is 13.6. The first kappa shape index (κ1) is 19.0. The van der Waals surface area contributed by atoms with Crippen LogP contribution in [0.1, 0.15) is 22.4 Å². The van der Waals surface area contributed by atoms with E-state index in [0.29, 0.717) is 21.5 Å². The second-order valence-corrected chi connectivity index (χ2v) is 9.16. The summed E-state index contributed by atoms with van der Waals surface area (Å²) in [5.41, 5.74) is 2.53. The number of aromatic nitrogens is 3. The summed E-state index contributed by atoms with van der Waals surface area (Å²) in [6.07, 6.45) is 2.97. The van der Waals surface area contributed by atoms with Crippen LogP contribution in [0.3, 0.4) is 0 Å². The Morgan fingerprint density at radius 3 is 3.07 bits per heavy atom. The number of thioether (sulfide) groups is 1. The average molecular weight is 475 g/mol. The molecule has 0 saturated carbocycles. The molecule has 2 heterocycles. The summed E-state index contributed by atoms with van der Waals surface area (Å²) >= 11 is 6.13. The smallest absolute Gasteiger partial charge is 0.235 e. The van der Waals surface area contributed by atoms with Crippen molar-refractivity contribution in [1.29, 1.82) is 5.26 Å². The number of amides is 1. The monoisotopic (exact) mass is 474 g/mol. The van der Waals surface area contributed by atoms with Crippen molar-refractivity contribution in [1.82, 2.24) is 14.9 Å². The second-order valence-electron chi connectivity index (χ2n) is 6.20. The lowest BCUT2D eigenvalue weighted by molar-refractivity contribution is -0.113. The molecule has 0 unspecified atom stereocenters. The molecule has 0 fully saturated rings. The number of thiophene rings is 1. The van der Waals surface area contributed by atoms with Gasteiger partial charge in [0.25, 0.3) is 0 Å². The van der Waals surface area contributed by atoms with Gasteiger partial charge in [-0.1, -0.05) is 39.8 Å². The Balaban J connectivity index is 1.43. The van der Waals surface area contributed by atoms with Crippen molar-refractivity contribution in [2.24, 2.45) is 0 Å². The van der Waals surface area contributed by atoms with E-state index >= 15 is 0 Å². The fraction of sp³-hybridized carbons (Fsp3) is 0.222. The van der Waals surface area contributed by atoms with E-state index in [1.807, 2.05) is 24.3 Å². The SMILES string of the molecule is N#Cc1c(NC(=O)CSc2nnc(-c3cccc(Br)c3)n2N)sc2c1CCC2. The molecule has 28 heavy (non-hydrogen) atoms. The van der Waals surface area contributed by atoms with Crippen LogP contribution in [0.4, 0.5) is 5.00 Å². The van der Waals surface area contributed by atoms with Crippen LogP contribution in [-0.2, 0) is 17.6 Å². The van der Waals surface area contributed by atoms with Crippen LogP contribution in [0.15, 0.2) is 33.9 Å². The van der Waals surface area contributed by atoms with Crippen molar-refractivity contribution in [2.75, 3.05) is 16.9 Å². The van der Waals surface area contributed by atoms with E-state index < -0.39 is 0 Å². The summed E-state index contributed by atoms with van der Waals surface area (Å²) in [6, 6.07) is 9.81. The standard InChI is InChI=1S/C18H15BrN6OS2/c19-11-4-1-3-10(7-11)16-23-24-18(25(16)21)27-9-15(26)22-17-13(8-20)12-5-2-6-14(12)28-17/h1,3-4,7H,2,5-6,9,21H2,(H,22,26). The minimum absolute atomic E-state index is 0.126. The van der Waals surface area contributed by atoms with Crippen molar-refractivity contribution in [3.63, 3.8) is 0 Å². The number of fused-ring (bicyclic) bond motifs is 1. The molecule has 0 bridgehead atoms. The fourth-order valence-electron chi connectivity index (χ4n) is 3.10. The highest BCUT2D eigenvalue weighted by Crippen LogP contribution is 2.38. The number of nitriles is 1. The van der Waals surface area contributed by atoms with Crippen LogP contribution in [-0.4, -0.2) is 26.5 Å². The zero-order valence-corrected chi connectivity index (χ0v) is 17.8. The number of nitrogen functional groups attached to an aromatic ring is 1. The number of aryl methyl sites for hydroxylation is 1. The maximum atomic E-state index is 12.4. The molecule has 1 aliphatic carbocycles. The molecule has 1 aromatic carbocycles. The summed E-state index contributed by atoms with van der Waals surface area (Å²) in [6.45, 7) is 0. The molecule has 3 aromatic rings. The van der Waals surface area contributed by atoms with E-state index in [9.17, 15) is 10.1 Å².